The lowest BCUT2D eigenvalue weighted by Crippen LogP contribution is -2.19. The fourth-order valence-electron chi connectivity index (χ4n) is 3.50. The predicted molar refractivity (Wildman–Crippen MR) is 132 cm³/mol. The number of hydrogen-bond acceptors (Lipinski definition) is 2. The molecule has 0 saturated carbocycles. The molecule has 32 heavy (non-hydrogen) atoms. The van der Waals surface area contributed by atoms with Crippen LogP contribution < -0.4 is 4.74 Å². The first kappa shape index (κ1) is 24.1. The smallest absolute Gasteiger partial charge is 0.239 e. The lowest BCUT2D eigenvalue weighted by Gasteiger charge is -2.18. The molecule has 2 nitrogen and oxygen atoms in total. The minimum atomic E-state index is -2.35. The standard InChI is InChI=1S/C27H28BrF2NO/c1-31(2)18-19-32-24-14-10-22(11-15-24)27(21-8-12-23(28)13-9-21)25(16-17-26(29)30)20-6-4-3-5-7-20/h3-15,26H,16-19H2,1-2H3. The van der Waals surface area contributed by atoms with E-state index >= 15 is 0 Å². The molecule has 168 valence electrons. The summed E-state index contributed by atoms with van der Waals surface area (Å²) in [7, 11) is 4.01. The van der Waals surface area contributed by atoms with Gasteiger partial charge < -0.3 is 9.64 Å². The molecule has 0 radical (unpaired) electrons. The van der Waals surface area contributed by atoms with Gasteiger partial charge in [0, 0.05) is 17.4 Å². The van der Waals surface area contributed by atoms with Crippen LogP contribution in [-0.4, -0.2) is 38.6 Å². The molecule has 3 aromatic carbocycles. The van der Waals surface area contributed by atoms with Crippen molar-refractivity contribution in [3.8, 4) is 5.75 Å². The molecule has 0 saturated heterocycles. The second-order valence-electron chi connectivity index (χ2n) is 7.83. The van der Waals surface area contributed by atoms with Gasteiger partial charge in [0.2, 0.25) is 6.43 Å². The Morgan fingerprint density at radius 3 is 2.00 bits per heavy atom. The second-order valence-corrected chi connectivity index (χ2v) is 8.75. The monoisotopic (exact) mass is 499 g/mol. The van der Waals surface area contributed by atoms with Gasteiger partial charge in [0.25, 0.3) is 0 Å². The van der Waals surface area contributed by atoms with Gasteiger partial charge in [0.15, 0.2) is 0 Å². The van der Waals surface area contributed by atoms with Crippen LogP contribution >= 0.6 is 15.9 Å². The molecular weight excluding hydrogens is 472 g/mol. The van der Waals surface area contributed by atoms with Crippen LogP contribution in [0.1, 0.15) is 29.5 Å². The van der Waals surface area contributed by atoms with Crippen LogP contribution in [0.5, 0.6) is 5.75 Å². The van der Waals surface area contributed by atoms with Gasteiger partial charge in [-0.2, -0.15) is 0 Å². The molecule has 0 spiro atoms. The lowest BCUT2D eigenvalue weighted by atomic mass is 9.87. The van der Waals surface area contributed by atoms with E-state index in [0.29, 0.717) is 6.61 Å². The van der Waals surface area contributed by atoms with E-state index in [1.165, 1.54) is 0 Å². The molecule has 0 fully saturated rings. The molecule has 0 amide bonds. The van der Waals surface area contributed by atoms with Crippen molar-refractivity contribution in [3.63, 3.8) is 0 Å². The number of rotatable bonds is 10. The fourth-order valence-corrected chi connectivity index (χ4v) is 3.77. The van der Waals surface area contributed by atoms with Crippen molar-refractivity contribution in [3.05, 3.63) is 100 Å². The van der Waals surface area contributed by atoms with Gasteiger partial charge in [-0.25, -0.2) is 8.78 Å². The van der Waals surface area contributed by atoms with Gasteiger partial charge in [-0.3, -0.25) is 0 Å². The molecule has 0 aromatic heterocycles. The predicted octanol–water partition coefficient (Wildman–Crippen LogP) is 7.39. The first-order valence-electron chi connectivity index (χ1n) is 10.6. The Kier molecular flexibility index (Phi) is 9.00. The molecular formula is C27H28BrF2NO. The first-order chi connectivity index (χ1) is 15.4. The number of benzene rings is 3. The number of allylic oxidation sites excluding steroid dienone is 1. The zero-order valence-electron chi connectivity index (χ0n) is 18.4. The Bertz CT molecular complexity index is 1000. The largest absolute Gasteiger partial charge is 0.492 e. The fraction of sp³-hybridized carbons (Fsp3) is 0.259. The van der Waals surface area contributed by atoms with E-state index in [1.54, 1.807) is 0 Å². The summed E-state index contributed by atoms with van der Waals surface area (Å²) in [6.45, 7) is 1.43. The summed E-state index contributed by atoms with van der Waals surface area (Å²) in [5.41, 5.74) is 4.79. The van der Waals surface area contributed by atoms with Crippen molar-refractivity contribution >= 4 is 27.1 Å². The maximum atomic E-state index is 13.2. The second kappa shape index (κ2) is 11.9. The van der Waals surface area contributed by atoms with Crippen LogP contribution in [0, 0.1) is 0 Å². The van der Waals surface area contributed by atoms with E-state index in [0.717, 1.165) is 44.6 Å². The van der Waals surface area contributed by atoms with Crippen LogP contribution in [0.4, 0.5) is 8.78 Å². The molecule has 0 unspecified atom stereocenters. The quantitative estimate of drug-likeness (QED) is 0.269. The van der Waals surface area contributed by atoms with Crippen molar-refractivity contribution in [2.75, 3.05) is 27.2 Å². The van der Waals surface area contributed by atoms with Crippen LogP contribution in [0.3, 0.4) is 0 Å². The molecule has 0 bridgehead atoms. The van der Waals surface area contributed by atoms with Crippen LogP contribution in [0.15, 0.2) is 83.3 Å². The van der Waals surface area contributed by atoms with Gasteiger partial charge in [0.05, 0.1) is 0 Å². The highest BCUT2D eigenvalue weighted by molar-refractivity contribution is 9.10. The normalized spacial score (nSPS) is 12.2. The van der Waals surface area contributed by atoms with Gasteiger partial charge >= 0.3 is 0 Å². The molecule has 0 aliphatic carbocycles. The Hall–Kier alpha value is -2.50. The first-order valence-corrected chi connectivity index (χ1v) is 11.4. The minimum Gasteiger partial charge on any atom is -0.492 e. The number of likely N-dealkylation sites (N-methyl/N-ethyl adjacent to an activating group) is 1. The lowest BCUT2D eigenvalue weighted by molar-refractivity contribution is 0.139. The van der Waals surface area contributed by atoms with E-state index in [2.05, 4.69) is 20.8 Å². The van der Waals surface area contributed by atoms with Crippen molar-refractivity contribution in [1.82, 2.24) is 4.90 Å². The van der Waals surface area contributed by atoms with Crippen LogP contribution in [0.25, 0.3) is 11.1 Å². The van der Waals surface area contributed by atoms with E-state index in [4.69, 9.17) is 4.74 Å². The van der Waals surface area contributed by atoms with Crippen molar-refractivity contribution < 1.29 is 13.5 Å². The molecule has 0 aliphatic heterocycles. The molecule has 0 N–H and O–H groups in total. The third kappa shape index (κ3) is 7.01. The van der Waals surface area contributed by atoms with Crippen molar-refractivity contribution in [2.24, 2.45) is 0 Å². The number of halogens is 3. The zero-order chi connectivity index (χ0) is 22.9. The maximum absolute atomic E-state index is 13.2. The SMILES string of the molecule is CN(C)CCOc1ccc(C(=C(CCC(F)F)c2ccccc2)c2ccc(Br)cc2)cc1. The Labute approximate surface area is 197 Å². The van der Waals surface area contributed by atoms with Crippen molar-refractivity contribution in [1.29, 1.82) is 0 Å². The topological polar surface area (TPSA) is 12.5 Å². The third-order valence-electron chi connectivity index (χ3n) is 5.12. The Morgan fingerprint density at radius 2 is 1.44 bits per heavy atom. The van der Waals surface area contributed by atoms with E-state index in [-0.39, 0.29) is 12.8 Å². The van der Waals surface area contributed by atoms with Gasteiger partial charge in [-0.15, -0.1) is 0 Å². The number of nitrogens with zero attached hydrogens (tertiary/aromatic N) is 1. The Balaban J connectivity index is 2.06. The summed E-state index contributed by atoms with van der Waals surface area (Å²) in [5, 5.41) is 0. The molecule has 0 atom stereocenters. The molecule has 3 aromatic rings. The van der Waals surface area contributed by atoms with Crippen LogP contribution in [-0.2, 0) is 0 Å². The van der Waals surface area contributed by atoms with E-state index in [1.807, 2.05) is 93.0 Å². The van der Waals surface area contributed by atoms with Crippen molar-refractivity contribution in [2.45, 2.75) is 19.3 Å². The maximum Gasteiger partial charge on any atom is 0.239 e. The molecule has 0 aliphatic rings. The molecule has 3 rings (SSSR count). The van der Waals surface area contributed by atoms with Gasteiger partial charge in [-0.1, -0.05) is 70.5 Å². The Morgan fingerprint density at radius 1 is 0.844 bits per heavy atom. The highest BCUT2D eigenvalue weighted by Gasteiger charge is 2.16. The average molecular weight is 500 g/mol. The summed E-state index contributed by atoms with van der Waals surface area (Å²) < 4.78 is 33.2. The summed E-state index contributed by atoms with van der Waals surface area (Å²) in [6, 6.07) is 25.7. The minimum absolute atomic E-state index is 0.185. The number of ether oxygens (including phenoxy) is 1. The summed E-state index contributed by atoms with van der Waals surface area (Å²) in [5.74, 6) is 0.791. The number of hydrogen-bond donors (Lipinski definition) is 0. The third-order valence-corrected chi connectivity index (χ3v) is 5.65. The van der Waals surface area contributed by atoms with Gasteiger partial charge in [0.1, 0.15) is 12.4 Å². The summed E-state index contributed by atoms with van der Waals surface area (Å²) in [4.78, 5) is 2.07. The summed E-state index contributed by atoms with van der Waals surface area (Å²) >= 11 is 3.49. The molecule has 0 heterocycles. The van der Waals surface area contributed by atoms with E-state index in [9.17, 15) is 8.78 Å². The highest BCUT2D eigenvalue weighted by atomic mass is 79.9. The molecule has 5 heteroatoms. The van der Waals surface area contributed by atoms with Gasteiger partial charge in [-0.05, 0) is 72.6 Å². The number of alkyl halides is 2. The zero-order valence-corrected chi connectivity index (χ0v) is 20.0. The highest BCUT2D eigenvalue weighted by Crippen LogP contribution is 2.36. The van der Waals surface area contributed by atoms with E-state index < -0.39 is 6.43 Å². The summed E-state index contributed by atoms with van der Waals surface area (Å²) in [6.07, 6.45) is -2.25. The van der Waals surface area contributed by atoms with Crippen LogP contribution in [0.2, 0.25) is 0 Å². The average Bonchev–Trinajstić information content (AvgIpc) is 2.78.